The lowest BCUT2D eigenvalue weighted by atomic mass is 10.3. The van der Waals surface area contributed by atoms with Gasteiger partial charge in [0.2, 0.25) is 0 Å². The van der Waals surface area contributed by atoms with Crippen LogP contribution in [0.2, 0.25) is 0 Å². The first kappa shape index (κ1) is 15.2. The maximum absolute atomic E-state index is 13.0. The van der Waals surface area contributed by atoms with E-state index in [1.807, 2.05) is 0 Å². The van der Waals surface area contributed by atoms with E-state index in [4.69, 9.17) is 5.73 Å². The molecule has 5 nitrogen and oxygen atoms in total. The minimum atomic E-state index is -3.92. The van der Waals surface area contributed by atoms with Crippen molar-refractivity contribution in [1.82, 2.24) is 4.98 Å². The monoisotopic (exact) mass is 423 g/mol. The molecule has 9 heteroatoms. The van der Waals surface area contributed by atoms with Crippen LogP contribution in [0.4, 0.5) is 15.9 Å². The van der Waals surface area contributed by atoms with Crippen LogP contribution in [0.1, 0.15) is 0 Å². The van der Waals surface area contributed by atoms with Crippen LogP contribution in [0.15, 0.2) is 44.3 Å². The highest BCUT2D eigenvalue weighted by Crippen LogP contribution is 2.28. The Bertz CT molecular complexity index is 768. The van der Waals surface area contributed by atoms with Crippen molar-refractivity contribution < 1.29 is 12.8 Å². The minimum absolute atomic E-state index is 0.126. The van der Waals surface area contributed by atoms with Gasteiger partial charge >= 0.3 is 0 Å². The molecule has 106 valence electrons. The fourth-order valence-electron chi connectivity index (χ4n) is 1.42. The average Bonchev–Trinajstić information content (AvgIpc) is 2.35. The van der Waals surface area contributed by atoms with Gasteiger partial charge in [0.1, 0.15) is 16.5 Å². The molecule has 0 fully saturated rings. The summed E-state index contributed by atoms with van der Waals surface area (Å²) in [6.45, 7) is 0. The second-order valence-corrected chi connectivity index (χ2v) is 7.19. The lowest BCUT2D eigenvalue weighted by molar-refractivity contribution is 0.601. The third-order valence-electron chi connectivity index (χ3n) is 2.31. The van der Waals surface area contributed by atoms with Crippen LogP contribution in [0.3, 0.4) is 0 Å². The normalized spacial score (nSPS) is 11.3. The lowest BCUT2D eigenvalue weighted by Crippen LogP contribution is -2.16. The van der Waals surface area contributed by atoms with Gasteiger partial charge in [-0.15, -0.1) is 0 Å². The van der Waals surface area contributed by atoms with Crippen molar-refractivity contribution in [3.05, 3.63) is 45.2 Å². The van der Waals surface area contributed by atoms with Crippen LogP contribution in [0, 0.1) is 5.82 Å². The number of nitrogen functional groups attached to an aromatic ring is 1. The number of aromatic nitrogens is 1. The van der Waals surface area contributed by atoms with Gasteiger partial charge in [-0.2, -0.15) is 0 Å². The third kappa shape index (κ3) is 3.28. The van der Waals surface area contributed by atoms with Crippen LogP contribution in [-0.2, 0) is 10.0 Å². The summed E-state index contributed by atoms with van der Waals surface area (Å²) >= 11 is 6.21. The number of nitrogens with one attached hydrogen (secondary N) is 1. The molecule has 0 aliphatic carbocycles. The SMILES string of the molecule is Nc1ncc(Br)cc1S(=O)(=O)Nc1ccc(F)cc1Br. The number of benzene rings is 1. The molecule has 2 aromatic rings. The van der Waals surface area contributed by atoms with E-state index in [0.29, 0.717) is 4.47 Å². The van der Waals surface area contributed by atoms with Crippen molar-refractivity contribution in [1.29, 1.82) is 0 Å². The van der Waals surface area contributed by atoms with E-state index in [-0.39, 0.29) is 20.9 Å². The van der Waals surface area contributed by atoms with Gasteiger partial charge in [-0.05, 0) is 56.1 Å². The van der Waals surface area contributed by atoms with Crippen molar-refractivity contribution in [2.45, 2.75) is 4.90 Å². The summed E-state index contributed by atoms with van der Waals surface area (Å²) in [5.41, 5.74) is 5.77. The molecule has 0 aliphatic rings. The van der Waals surface area contributed by atoms with Crippen LogP contribution in [-0.4, -0.2) is 13.4 Å². The first-order valence-corrected chi connectivity index (χ1v) is 8.25. The van der Waals surface area contributed by atoms with Crippen LogP contribution >= 0.6 is 31.9 Å². The number of pyridine rings is 1. The van der Waals surface area contributed by atoms with Gasteiger partial charge in [-0.1, -0.05) is 0 Å². The zero-order valence-corrected chi connectivity index (χ0v) is 13.8. The minimum Gasteiger partial charge on any atom is -0.383 e. The molecular formula is C11H8Br2FN3O2S. The zero-order chi connectivity index (χ0) is 14.9. The summed E-state index contributed by atoms with van der Waals surface area (Å²) in [6.07, 6.45) is 1.39. The summed E-state index contributed by atoms with van der Waals surface area (Å²) in [4.78, 5) is 3.60. The van der Waals surface area contributed by atoms with Crippen molar-refractivity contribution in [3.63, 3.8) is 0 Å². The standard InChI is InChI=1S/C11H8Br2FN3O2S/c12-6-3-10(11(15)16-5-6)20(18,19)17-9-2-1-7(14)4-8(9)13/h1-5,17H,(H2,15,16). The van der Waals surface area contributed by atoms with E-state index in [9.17, 15) is 12.8 Å². The summed E-state index contributed by atoms with van der Waals surface area (Å²) in [6, 6.07) is 4.94. The Labute approximate surface area is 131 Å². The molecule has 0 atom stereocenters. The summed E-state index contributed by atoms with van der Waals surface area (Å²) in [5.74, 6) is -0.609. The van der Waals surface area contributed by atoms with Crippen molar-refractivity contribution in [2.75, 3.05) is 10.5 Å². The Kier molecular flexibility index (Phi) is 4.31. The molecule has 1 aromatic carbocycles. The predicted molar refractivity (Wildman–Crippen MR) is 81.3 cm³/mol. The maximum Gasteiger partial charge on any atom is 0.265 e. The number of rotatable bonds is 3. The highest BCUT2D eigenvalue weighted by Gasteiger charge is 2.20. The molecule has 1 heterocycles. The largest absolute Gasteiger partial charge is 0.383 e. The number of halogens is 3. The van der Waals surface area contributed by atoms with E-state index in [1.165, 1.54) is 18.3 Å². The van der Waals surface area contributed by atoms with Gasteiger partial charge in [0.25, 0.3) is 10.0 Å². The van der Waals surface area contributed by atoms with Gasteiger partial charge in [0.15, 0.2) is 0 Å². The number of nitrogens with two attached hydrogens (primary N) is 1. The summed E-state index contributed by atoms with van der Waals surface area (Å²) in [7, 11) is -3.92. The second kappa shape index (κ2) is 5.66. The smallest absolute Gasteiger partial charge is 0.265 e. The van der Waals surface area contributed by atoms with Gasteiger partial charge in [-0.3, -0.25) is 4.72 Å². The third-order valence-corrected chi connectivity index (χ3v) is 4.80. The molecule has 0 bridgehead atoms. The Morgan fingerprint density at radius 2 is 1.95 bits per heavy atom. The van der Waals surface area contributed by atoms with Gasteiger partial charge in [0, 0.05) is 15.1 Å². The molecule has 0 radical (unpaired) electrons. The molecule has 0 aliphatic heterocycles. The van der Waals surface area contributed by atoms with Crippen molar-refractivity contribution in [3.8, 4) is 0 Å². The van der Waals surface area contributed by atoms with E-state index >= 15 is 0 Å². The van der Waals surface area contributed by atoms with E-state index in [1.54, 1.807) is 0 Å². The number of anilines is 2. The van der Waals surface area contributed by atoms with Gasteiger partial charge < -0.3 is 5.73 Å². The highest BCUT2D eigenvalue weighted by atomic mass is 79.9. The van der Waals surface area contributed by atoms with E-state index < -0.39 is 15.8 Å². The molecule has 0 amide bonds. The van der Waals surface area contributed by atoms with Gasteiger partial charge in [-0.25, -0.2) is 17.8 Å². The quantitative estimate of drug-likeness (QED) is 0.792. The molecular weight excluding hydrogens is 417 g/mol. The molecule has 0 saturated heterocycles. The molecule has 0 unspecified atom stereocenters. The molecule has 2 rings (SSSR count). The Morgan fingerprint density at radius 1 is 1.25 bits per heavy atom. The number of hydrogen-bond acceptors (Lipinski definition) is 4. The fraction of sp³-hybridized carbons (Fsp3) is 0. The number of hydrogen-bond donors (Lipinski definition) is 2. The molecule has 1 aromatic heterocycles. The van der Waals surface area contributed by atoms with Crippen molar-refractivity contribution >= 4 is 53.4 Å². The molecule has 3 N–H and O–H groups in total. The topological polar surface area (TPSA) is 85.1 Å². The molecule has 0 saturated carbocycles. The number of nitrogens with zero attached hydrogens (tertiary/aromatic N) is 1. The fourth-order valence-corrected chi connectivity index (χ4v) is 3.67. The van der Waals surface area contributed by atoms with E-state index in [2.05, 4.69) is 41.6 Å². The second-order valence-electron chi connectivity index (χ2n) is 3.77. The lowest BCUT2D eigenvalue weighted by Gasteiger charge is -2.11. The zero-order valence-electron chi connectivity index (χ0n) is 9.77. The van der Waals surface area contributed by atoms with Crippen LogP contribution in [0.25, 0.3) is 0 Å². The van der Waals surface area contributed by atoms with Gasteiger partial charge in [0.05, 0.1) is 5.69 Å². The average molecular weight is 425 g/mol. The summed E-state index contributed by atoms with van der Waals surface area (Å²) < 4.78 is 40.5. The van der Waals surface area contributed by atoms with Crippen LogP contribution in [0.5, 0.6) is 0 Å². The summed E-state index contributed by atoms with van der Waals surface area (Å²) in [5, 5.41) is 0. The first-order chi connectivity index (χ1) is 9.29. The van der Waals surface area contributed by atoms with Crippen LogP contribution < -0.4 is 10.5 Å². The maximum atomic E-state index is 13.0. The Hall–Kier alpha value is -1.19. The highest BCUT2D eigenvalue weighted by molar-refractivity contribution is 9.10. The first-order valence-electron chi connectivity index (χ1n) is 5.18. The molecule has 20 heavy (non-hydrogen) atoms. The van der Waals surface area contributed by atoms with Crippen molar-refractivity contribution in [2.24, 2.45) is 0 Å². The Balaban J connectivity index is 2.43. The Morgan fingerprint density at radius 3 is 2.60 bits per heavy atom. The molecule has 0 spiro atoms. The number of sulfonamides is 1. The van der Waals surface area contributed by atoms with E-state index in [0.717, 1.165) is 12.1 Å². The predicted octanol–water partition coefficient (Wildman–Crippen LogP) is 3.13.